The Bertz CT molecular complexity index is 868. The standard InChI is InChI=1S/C26H36FN3O/c1-3-4-5-6-7-8-9-10-13-28-17-20-14-22(19-29-18-20)23-15-21-11-12-26(31)30(2)25(21)16-24(23)27/h14-16,18-19,28H,3-13,17H2,1-2H3. The first-order valence-corrected chi connectivity index (χ1v) is 11.8. The number of benzene rings is 1. The van der Waals surface area contributed by atoms with E-state index in [4.69, 9.17) is 0 Å². The van der Waals surface area contributed by atoms with E-state index in [-0.39, 0.29) is 11.7 Å². The van der Waals surface area contributed by atoms with Gasteiger partial charge in [0, 0.05) is 49.2 Å². The lowest BCUT2D eigenvalue weighted by atomic mass is 9.96. The summed E-state index contributed by atoms with van der Waals surface area (Å²) in [5.74, 6) is -0.281. The molecule has 31 heavy (non-hydrogen) atoms. The van der Waals surface area contributed by atoms with Crippen molar-refractivity contribution in [1.82, 2.24) is 10.3 Å². The van der Waals surface area contributed by atoms with Gasteiger partial charge in [0.15, 0.2) is 0 Å². The highest BCUT2D eigenvalue weighted by atomic mass is 19.1. The summed E-state index contributed by atoms with van der Waals surface area (Å²) < 4.78 is 14.8. The summed E-state index contributed by atoms with van der Waals surface area (Å²) in [6, 6.07) is 5.37. The smallest absolute Gasteiger partial charge is 0.227 e. The summed E-state index contributed by atoms with van der Waals surface area (Å²) in [7, 11) is 1.71. The van der Waals surface area contributed by atoms with Crippen LogP contribution in [0.3, 0.4) is 0 Å². The number of hydrogen-bond acceptors (Lipinski definition) is 3. The second kappa shape index (κ2) is 11.9. The molecule has 1 aliphatic heterocycles. The lowest BCUT2D eigenvalue weighted by Crippen LogP contribution is -2.31. The molecule has 0 saturated carbocycles. The van der Waals surface area contributed by atoms with Crippen LogP contribution in [-0.4, -0.2) is 24.5 Å². The zero-order chi connectivity index (χ0) is 22.1. The van der Waals surface area contributed by atoms with E-state index in [9.17, 15) is 9.18 Å². The first kappa shape index (κ1) is 23.4. The van der Waals surface area contributed by atoms with Gasteiger partial charge in [-0.2, -0.15) is 0 Å². The van der Waals surface area contributed by atoms with Crippen LogP contribution in [0.5, 0.6) is 0 Å². The molecule has 2 aromatic rings. The lowest BCUT2D eigenvalue weighted by Gasteiger charge is -2.26. The number of fused-ring (bicyclic) bond motifs is 1. The summed E-state index contributed by atoms with van der Waals surface area (Å²) in [5, 5.41) is 3.49. The van der Waals surface area contributed by atoms with Crippen molar-refractivity contribution in [1.29, 1.82) is 0 Å². The van der Waals surface area contributed by atoms with Crippen molar-refractivity contribution in [3.63, 3.8) is 0 Å². The van der Waals surface area contributed by atoms with Crippen LogP contribution in [0.25, 0.3) is 11.1 Å². The van der Waals surface area contributed by atoms with Crippen molar-refractivity contribution < 1.29 is 9.18 Å². The Hall–Kier alpha value is -2.27. The molecule has 0 aliphatic carbocycles. The van der Waals surface area contributed by atoms with E-state index in [1.807, 2.05) is 18.3 Å². The minimum Gasteiger partial charge on any atom is -0.315 e. The number of hydrogen-bond donors (Lipinski definition) is 1. The third kappa shape index (κ3) is 6.60. The Morgan fingerprint density at radius 1 is 1.00 bits per heavy atom. The number of anilines is 1. The molecule has 2 heterocycles. The molecule has 5 heteroatoms. The molecule has 0 unspecified atom stereocenters. The zero-order valence-electron chi connectivity index (χ0n) is 19.1. The maximum absolute atomic E-state index is 14.8. The van der Waals surface area contributed by atoms with Crippen molar-refractivity contribution in [2.24, 2.45) is 0 Å². The number of halogens is 1. The van der Waals surface area contributed by atoms with Crippen LogP contribution in [-0.2, 0) is 17.8 Å². The average Bonchev–Trinajstić information content (AvgIpc) is 2.78. The van der Waals surface area contributed by atoms with Crippen LogP contribution in [0, 0.1) is 5.82 Å². The van der Waals surface area contributed by atoms with E-state index < -0.39 is 0 Å². The number of carbonyl (C=O) groups excluding carboxylic acids is 1. The van der Waals surface area contributed by atoms with Gasteiger partial charge in [-0.25, -0.2) is 4.39 Å². The molecule has 0 saturated heterocycles. The van der Waals surface area contributed by atoms with Crippen LogP contribution in [0.2, 0.25) is 0 Å². The predicted molar refractivity (Wildman–Crippen MR) is 126 cm³/mol. The van der Waals surface area contributed by atoms with Crippen LogP contribution in [0.4, 0.5) is 10.1 Å². The molecule has 0 radical (unpaired) electrons. The first-order chi connectivity index (χ1) is 15.1. The van der Waals surface area contributed by atoms with Crippen LogP contribution in [0.1, 0.15) is 75.8 Å². The summed E-state index contributed by atoms with van der Waals surface area (Å²) in [6.07, 6.45) is 15.2. The number of amides is 1. The van der Waals surface area contributed by atoms with E-state index in [0.29, 0.717) is 24.1 Å². The first-order valence-electron chi connectivity index (χ1n) is 11.8. The van der Waals surface area contributed by atoms with Gasteiger partial charge < -0.3 is 10.2 Å². The van der Waals surface area contributed by atoms with E-state index >= 15 is 0 Å². The fourth-order valence-corrected chi connectivity index (χ4v) is 4.23. The monoisotopic (exact) mass is 425 g/mol. The molecule has 4 nitrogen and oxygen atoms in total. The van der Waals surface area contributed by atoms with Crippen LogP contribution >= 0.6 is 0 Å². The van der Waals surface area contributed by atoms with E-state index in [1.54, 1.807) is 18.1 Å². The number of carbonyl (C=O) groups is 1. The van der Waals surface area contributed by atoms with E-state index in [0.717, 1.165) is 29.8 Å². The van der Waals surface area contributed by atoms with Crippen LogP contribution < -0.4 is 10.2 Å². The van der Waals surface area contributed by atoms with Crippen LogP contribution in [0.15, 0.2) is 30.6 Å². The zero-order valence-corrected chi connectivity index (χ0v) is 19.1. The van der Waals surface area contributed by atoms with Gasteiger partial charge in [0.2, 0.25) is 5.91 Å². The molecule has 0 fully saturated rings. The molecule has 1 N–H and O–H groups in total. The number of aromatic nitrogens is 1. The molecule has 1 aromatic heterocycles. The molecule has 0 spiro atoms. The minimum atomic E-state index is -0.314. The topological polar surface area (TPSA) is 45.2 Å². The minimum absolute atomic E-state index is 0.0332. The predicted octanol–water partition coefficient (Wildman–Crippen LogP) is 6.03. The maximum Gasteiger partial charge on any atom is 0.227 e. The van der Waals surface area contributed by atoms with Gasteiger partial charge >= 0.3 is 0 Å². The fourth-order valence-electron chi connectivity index (χ4n) is 4.23. The van der Waals surface area contributed by atoms with Crippen molar-refractivity contribution in [2.45, 2.75) is 77.7 Å². The molecular weight excluding hydrogens is 389 g/mol. The Morgan fingerprint density at radius 2 is 1.74 bits per heavy atom. The maximum atomic E-state index is 14.8. The van der Waals surface area contributed by atoms with E-state index in [1.165, 1.54) is 57.4 Å². The van der Waals surface area contributed by atoms with Gasteiger partial charge in [-0.1, -0.05) is 51.9 Å². The molecule has 1 aromatic carbocycles. The molecule has 1 amide bonds. The van der Waals surface area contributed by atoms with Crippen molar-refractivity contribution in [3.8, 4) is 11.1 Å². The van der Waals surface area contributed by atoms with Gasteiger partial charge in [-0.05, 0) is 48.7 Å². The third-order valence-electron chi connectivity index (χ3n) is 6.15. The second-order valence-corrected chi connectivity index (χ2v) is 8.65. The quantitative estimate of drug-likeness (QED) is 0.423. The molecule has 168 valence electrons. The Kier molecular flexibility index (Phi) is 9.01. The lowest BCUT2D eigenvalue weighted by molar-refractivity contribution is -0.118. The van der Waals surface area contributed by atoms with E-state index in [2.05, 4.69) is 17.2 Å². The largest absolute Gasteiger partial charge is 0.315 e. The molecule has 0 bridgehead atoms. The molecule has 1 aliphatic rings. The Balaban J connectivity index is 1.50. The van der Waals surface area contributed by atoms with Gasteiger partial charge in [0.05, 0.1) is 0 Å². The van der Waals surface area contributed by atoms with Gasteiger partial charge in [0.1, 0.15) is 5.82 Å². The van der Waals surface area contributed by atoms with Gasteiger partial charge in [-0.3, -0.25) is 9.78 Å². The van der Waals surface area contributed by atoms with Gasteiger partial charge in [-0.15, -0.1) is 0 Å². The SMILES string of the molecule is CCCCCCCCCCNCc1cncc(-c2cc3c(cc2F)N(C)C(=O)CC3)c1. The Labute approximate surface area is 186 Å². The number of nitrogens with one attached hydrogen (secondary N) is 1. The summed E-state index contributed by atoms with van der Waals surface area (Å²) in [6.45, 7) is 3.98. The summed E-state index contributed by atoms with van der Waals surface area (Å²) in [5.41, 5.74) is 4.08. The molecule has 3 rings (SSSR count). The number of unbranched alkanes of at least 4 members (excludes halogenated alkanes) is 7. The number of nitrogens with zero attached hydrogens (tertiary/aromatic N) is 2. The highest BCUT2D eigenvalue weighted by Gasteiger charge is 2.23. The third-order valence-corrected chi connectivity index (χ3v) is 6.15. The van der Waals surface area contributed by atoms with Gasteiger partial charge in [0.25, 0.3) is 0 Å². The number of rotatable bonds is 12. The average molecular weight is 426 g/mol. The number of pyridine rings is 1. The fraction of sp³-hybridized carbons (Fsp3) is 0.538. The summed E-state index contributed by atoms with van der Waals surface area (Å²) >= 11 is 0. The van der Waals surface area contributed by atoms with Crippen molar-refractivity contribution in [2.75, 3.05) is 18.5 Å². The molecule has 0 atom stereocenters. The highest BCUT2D eigenvalue weighted by Crippen LogP contribution is 2.33. The Morgan fingerprint density at radius 3 is 2.52 bits per heavy atom. The highest BCUT2D eigenvalue weighted by molar-refractivity contribution is 5.96. The van der Waals surface area contributed by atoms with Crippen molar-refractivity contribution >= 4 is 11.6 Å². The van der Waals surface area contributed by atoms with Crippen molar-refractivity contribution in [3.05, 3.63) is 47.5 Å². The second-order valence-electron chi connectivity index (χ2n) is 8.65. The number of aryl methyl sites for hydroxylation is 1. The molecular formula is C26H36FN3O. The normalized spacial score (nSPS) is 13.5. The summed E-state index contributed by atoms with van der Waals surface area (Å²) in [4.78, 5) is 17.8.